The maximum absolute atomic E-state index is 10.3. The van der Waals surface area contributed by atoms with Crippen molar-refractivity contribution >= 4 is 6.09 Å². The molecular weight excluding hydrogens is 160 g/mol. The molecule has 0 aromatic rings. The van der Waals surface area contributed by atoms with E-state index >= 15 is 0 Å². The zero-order valence-electron chi connectivity index (χ0n) is 6.82. The van der Waals surface area contributed by atoms with Gasteiger partial charge in [-0.2, -0.15) is 0 Å². The number of hydrogen-bond donors (Lipinski definition) is 3. The molecule has 1 aliphatic rings. The third-order valence-electron chi connectivity index (χ3n) is 2.19. The van der Waals surface area contributed by atoms with Gasteiger partial charge in [0.15, 0.2) is 0 Å². The SMILES string of the molecule is NOC1CCC(NC(=O)O)CC1. The lowest BCUT2D eigenvalue weighted by atomic mass is 9.93. The number of carboxylic acid groups (broad SMARTS) is 1. The molecule has 0 aromatic heterocycles. The van der Waals surface area contributed by atoms with Gasteiger partial charge in [-0.15, -0.1) is 0 Å². The van der Waals surface area contributed by atoms with E-state index in [1.54, 1.807) is 0 Å². The quantitative estimate of drug-likeness (QED) is 0.531. The monoisotopic (exact) mass is 174 g/mol. The number of nitrogens with one attached hydrogen (secondary N) is 1. The second-order valence-corrected chi connectivity index (χ2v) is 3.06. The summed E-state index contributed by atoms with van der Waals surface area (Å²) < 4.78 is 0. The zero-order chi connectivity index (χ0) is 8.97. The van der Waals surface area contributed by atoms with Gasteiger partial charge in [0.2, 0.25) is 0 Å². The minimum Gasteiger partial charge on any atom is -0.465 e. The molecule has 1 saturated carbocycles. The Labute approximate surface area is 70.8 Å². The minimum absolute atomic E-state index is 0.0777. The van der Waals surface area contributed by atoms with Crippen LogP contribution in [-0.4, -0.2) is 23.3 Å². The highest BCUT2D eigenvalue weighted by molar-refractivity contribution is 5.64. The lowest BCUT2D eigenvalue weighted by Gasteiger charge is -2.26. The normalized spacial score (nSPS) is 29.8. The van der Waals surface area contributed by atoms with Crippen LogP contribution in [0.15, 0.2) is 0 Å². The van der Waals surface area contributed by atoms with Gasteiger partial charge < -0.3 is 15.3 Å². The number of amides is 1. The second kappa shape index (κ2) is 4.27. The van der Waals surface area contributed by atoms with Crippen LogP contribution in [0, 0.1) is 0 Å². The summed E-state index contributed by atoms with van der Waals surface area (Å²) in [6.07, 6.45) is 2.45. The summed E-state index contributed by atoms with van der Waals surface area (Å²) >= 11 is 0. The van der Waals surface area contributed by atoms with Crippen molar-refractivity contribution in [3.05, 3.63) is 0 Å². The fourth-order valence-electron chi connectivity index (χ4n) is 1.52. The van der Waals surface area contributed by atoms with Crippen LogP contribution in [0.2, 0.25) is 0 Å². The smallest absolute Gasteiger partial charge is 0.404 e. The molecule has 70 valence electrons. The topological polar surface area (TPSA) is 84.6 Å². The summed E-state index contributed by atoms with van der Waals surface area (Å²) in [7, 11) is 0. The van der Waals surface area contributed by atoms with E-state index in [0.717, 1.165) is 25.7 Å². The van der Waals surface area contributed by atoms with Gasteiger partial charge in [0.25, 0.3) is 0 Å². The third-order valence-corrected chi connectivity index (χ3v) is 2.19. The molecule has 0 spiro atoms. The molecule has 0 radical (unpaired) electrons. The molecule has 0 aromatic carbocycles. The zero-order valence-corrected chi connectivity index (χ0v) is 6.82. The van der Waals surface area contributed by atoms with Crippen molar-refractivity contribution in [3.8, 4) is 0 Å². The van der Waals surface area contributed by atoms with Crippen LogP contribution in [0.25, 0.3) is 0 Å². The van der Waals surface area contributed by atoms with Gasteiger partial charge in [-0.3, -0.25) is 0 Å². The summed E-state index contributed by atoms with van der Waals surface area (Å²) in [6.45, 7) is 0. The van der Waals surface area contributed by atoms with E-state index in [1.807, 2.05) is 0 Å². The number of hydrogen-bond acceptors (Lipinski definition) is 3. The Balaban J connectivity index is 2.21. The lowest BCUT2D eigenvalue weighted by molar-refractivity contribution is 0.0220. The molecule has 5 heteroatoms. The van der Waals surface area contributed by atoms with E-state index in [1.165, 1.54) is 0 Å². The Morgan fingerprint density at radius 3 is 2.42 bits per heavy atom. The van der Waals surface area contributed by atoms with Crippen molar-refractivity contribution in [2.75, 3.05) is 0 Å². The van der Waals surface area contributed by atoms with Crippen LogP contribution in [0.5, 0.6) is 0 Å². The van der Waals surface area contributed by atoms with Crippen molar-refractivity contribution in [2.45, 2.75) is 37.8 Å². The molecule has 0 unspecified atom stereocenters. The molecule has 0 bridgehead atoms. The van der Waals surface area contributed by atoms with E-state index in [-0.39, 0.29) is 12.1 Å². The molecule has 5 nitrogen and oxygen atoms in total. The van der Waals surface area contributed by atoms with Crippen LogP contribution >= 0.6 is 0 Å². The van der Waals surface area contributed by atoms with Gasteiger partial charge in [-0.05, 0) is 25.7 Å². The number of rotatable bonds is 2. The first-order chi connectivity index (χ1) is 5.72. The van der Waals surface area contributed by atoms with Crippen molar-refractivity contribution in [2.24, 2.45) is 5.90 Å². The minimum atomic E-state index is -0.952. The molecule has 1 aliphatic carbocycles. The van der Waals surface area contributed by atoms with Gasteiger partial charge in [0.05, 0.1) is 6.10 Å². The number of carbonyl (C=O) groups is 1. The van der Waals surface area contributed by atoms with E-state index in [9.17, 15) is 4.79 Å². The molecule has 1 rings (SSSR count). The summed E-state index contributed by atoms with van der Waals surface area (Å²) in [4.78, 5) is 14.9. The summed E-state index contributed by atoms with van der Waals surface area (Å²) in [6, 6.07) is 0.0777. The predicted molar refractivity (Wildman–Crippen MR) is 42.5 cm³/mol. The maximum Gasteiger partial charge on any atom is 0.404 e. The van der Waals surface area contributed by atoms with Crippen molar-refractivity contribution in [1.82, 2.24) is 5.32 Å². The van der Waals surface area contributed by atoms with Gasteiger partial charge in [-0.1, -0.05) is 0 Å². The largest absolute Gasteiger partial charge is 0.465 e. The molecule has 0 aliphatic heterocycles. The molecule has 1 fully saturated rings. The molecule has 0 atom stereocenters. The van der Waals surface area contributed by atoms with E-state index in [4.69, 9.17) is 11.0 Å². The molecule has 1 amide bonds. The highest BCUT2D eigenvalue weighted by Gasteiger charge is 2.21. The van der Waals surface area contributed by atoms with E-state index < -0.39 is 6.09 Å². The van der Waals surface area contributed by atoms with Gasteiger partial charge in [0.1, 0.15) is 0 Å². The van der Waals surface area contributed by atoms with Gasteiger partial charge in [-0.25, -0.2) is 10.7 Å². The highest BCUT2D eigenvalue weighted by atomic mass is 16.6. The van der Waals surface area contributed by atoms with Crippen LogP contribution in [0.1, 0.15) is 25.7 Å². The summed E-state index contributed by atoms with van der Waals surface area (Å²) in [5.74, 6) is 5.01. The number of nitrogens with two attached hydrogens (primary N) is 1. The van der Waals surface area contributed by atoms with E-state index in [0.29, 0.717) is 0 Å². The van der Waals surface area contributed by atoms with E-state index in [2.05, 4.69) is 10.2 Å². The Kier molecular flexibility index (Phi) is 3.31. The molecular formula is C7H14N2O3. The van der Waals surface area contributed by atoms with Crippen molar-refractivity contribution < 1.29 is 14.7 Å². The highest BCUT2D eigenvalue weighted by Crippen LogP contribution is 2.19. The molecule has 4 N–H and O–H groups in total. The first-order valence-electron chi connectivity index (χ1n) is 4.07. The molecule has 0 heterocycles. The molecule has 12 heavy (non-hydrogen) atoms. The average Bonchev–Trinajstić information content (AvgIpc) is 2.05. The standard InChI is InChI=1S/C7H14N2O3/c8-12-6-3-1-5(2-4-6)9-7(10)11/h5-6,9H,1-4,8H2,(H,10,11). The Bertz CT molecular complexity index is 155. The average molecular weight is 174 g/mol. The first kappa shape index (κ1) is 9.28. The van der Waals surface area contributed by atoms with Crippen LogP contribution in [0.4, 0.5) is 4.79 Å². The Hall–Kier alpha value is -0.810. The Morgan fingerprint density at radius 2 is 2.00 bits per heavy atom. The van der Waals surface area contributed by atoms with Gasteiger partial charge >= 0.3 is 6.09 Å². The fraction of sp³-hybridized carbons (Fsp3) is 0.857. The summed E-state index contributed by atoms with van der Waals surface area (Å²) in [5.41, 5.74) is 0. The van der Waals surface area contributed by atoms with Gasteiger partial charge in [0, 0.05) is 6.04 Å². The van der Waals surface area contributed by atoms with Crippen LogP contribution in [0.3, 0.4) is 0 Å². The third kappa shape index (κ3) is 2.67. The first-order valence-corrected chi connectivity index (χ1v) is 4.07. The predicted octanol–water partition coefficient (Wildman–Crippen LogP) is 0.455. The maximum atomic E-state index is 10.3. The van der Waals surface area contributed by atoms with Crippen molar-refractivity contribution in [3.63, 3.8) is 0 Å². The Morgan fingerprint density at radius 1 is 1.42 bits per heavy atom. The molecule has 0 saturated heterocycles. The second-order valence-electron chi connectivity index (χ2n) is 3.06. The van der Waals surface area contributed by atoms with Crippen LogP contribution in [-0.2, 0) is 4.84 Å². The van der Waals surface area contributed by atoms with Crippen LogP contribution < -0.4 is 11.2 Å². The summed E-state index contributed by atoms with van der Waals surface area (Å²) in [5, 5.41) is 10.9. The lowest BCUT2D eigenvalue weighted by Crippen LogP contribution is -2.38. The van der Waals surface area contributed by atoms with Crippen molar-refractivity contribution in [1.29, 1.82) is 0 Å². The fourth-order valence-corrected chi connectivity index (χ4v) is 1.52.